The molecule has 2 atom stereocenters. The van der Waals surface area contributed by atoms with Gasteiger partial charge in [0.1, 0.15) is 0 Å². The minimum Gasteiger partial charge on any atom is -0.422 e. The number of ether oxygens (including phenoxy) is 4. The van der Waals surface area contributed by atoms with Crippen molar-refractivity contribution < 1.29 is 48.3 Å². The molecule has 2 unspecified atom stereocenters. The highest BCUT2D eigenvalue weighted by atomic mass is 16.7. The van der Waals surface area contributed by atoms with Crippen molar-refractivity contribution in [3.63, 3.8) is 0 Å². The third-order valence-corrected chi connectivity index (χ3v) is 3.42. The fourth-order valence-electron chi connectivity index (χ4n) is 1.91. The second-order valence-corrected chi connectivity index (χ2v) is 5.83. The average molecular weight is 422 g/mol. The summed E-state index contributed by atoms with van der Waals surface area (Å²) < 4.78 is 19.5. The molecule has 1 rings (SSSR count). The van der Waals surface area contributed by atoms with Gasteiger partial charge in [-0.2, -0.15) is 0 Å². The van der Waals surface area contributed by atoms with E-state index in [9.17, 15) is 19.2 Å². The van der Waals surface area contributed by atoms with E-state index in [1.807, 2.05) is 0 Å². The molecule has 0 heterocycles. The summed E-state index contributed by atoms with van der Waals surface area (Å²) >= 11 is 0. The monoisotopic (exact) mass is 422 g/mol. The predicted octanol–water partition coefficient (Wildman–Crippen LogP) is 0.876. The molecular weight excluding hydrogens is 400 g/mol. The summed E-state index contributed by atoms with van der Waals surface area (Å²) in [4.78, 5) is 47.8. The van der Waals surface area contributed by atoms with E-state index < -0.39 is 49.7 Å². The van der Waals surface area contributed by atoms with Crippen LogP contribution in [0.5, 0.6) is 0 Å². The van der Waals surface area contributed by atoms with Gasteiger partial charge in [-0.1, -0.05) is 25.3 Å². The van der Waals surface area contributed by atoms with Crippen molar-refractivity contribution in [2.75, 3.05) is 13.2 Å². The molecule has 0 bridgehead atoms. The summed E-state index contributed by atoms with van der Waals surface area (Å²) in [6.07, 6.45) is -2.66. The minimum absolute atomic E-state index is 0.190. The highest BCUT2D eigenvalue weighted by molar-refractivity contribution is 6.03. The Morgan fingerprint density at radius 1 is 0.767 bits per heavy atom. The molecule has 0 aliphatic rings. The lowest BCUT2D eigenvalue weighted by molar-refractivity contribution is -0.162. The van der Waals surface area contributed by atoms with Gasteiger partial charge in [-0.25, -0.2) is 19.2 Å². The number of aliphatic hydroxyl groups is 2. The van der Waals surface area contributed by atoms with Gasteiger partial charge in [-0.3, -0.25) is 0 Å². The molecule has 0 aromatic heterocycles. The van der Waals surface area contributed by atoms with Crippen LogP contribution >= 0.6 is 0 Å². The van der Waals surface area contributed by atoms with Crippen LogP contribution in [0.2, 0.25) is 0 Å². The van der Waals surface area contributed by atoms with E-state index in [0.717, 1.165) is 0 Å². The van der Waals surface area contributed by atoms with E-state index >= 15 is 0 Å². The van der Waals surface area contributed by atoms with Gasteiger partial charge >= 0.3 is 23.9 Å². The lowest BCUT2D eigenvalue weighted by Gasteiger charge is -2.17. The molecule has 0 aliphatic carbocycles. The maximum Gasteiger partial charge on any atom is 0.342 e. The van der Waals surface area contributed by atoms with Gasteiger partial charge in [0.2, 0.25) is 12.6 Å². The van der Waals surface area contributed by atoms with Crippen molar-refractivity contribution in [1.29, 1.82) is 0 Å². The molecule has 0 fully saturated rings. The van der Waals surface area contributed by atoms with Crippen LogP contribution in [0.25, 0.3) is 0 Å². The fraction of sp³-hybridized carbons (Fsp3) is 0.300. The van der Waals surface area contributed by atoms with E-state index in [2.05, 4.69) is 13.2 Å². The lowest BCUT2D eigenvalue weighted by Crippen LogP contribution is -2.26. The van der Waals surface area contributed by atoms with E-state index in [4.69, 9.17) is 29.2 Å². The van der Waals surface area contributed by atoms with E-state index in [0.29, 0.717) is 0 Å². The number of benzene rings is 1. The number of carbonyl (C=O) groups is 4. The van der Waals surface area contributed by atoms with Gasteiger partial charge in [0.15, 0.2) is 0 Å². The summed E-state index contributed by atoms with van der Waals surface area (Å²) in [6, 6.07) is 5.49. The Kier molecular flexibility index (Phi) is 9.40. The highest BCUT2D eigenvalue weighted by Gasteiger charge is 2.24. The Balaban J connectivity index is 2.83. The Bertz CT molecular complexity index is 773. The number of aliphatic hydroxyl groups excluding tert-OH is 2. The summed E-state index contributed by atoms with van der Waals surface area (Å²) in [5.41, 5.74) is -0.835. The summed E-state index contributed by atoms with van der Waals surface area (Å²) in [5, 5.41) is 17.7. The second-order valence-electron chi connectivity index (χ2n) is 5.83. The highest BCUT2D eigenvalue weighted by Crippen LogP contribution is 2.15. The van der Waals surface area contributed by atoms with Crippen molar-refractivity contribution in [3.8, 4) is 0 Å². The van der Waals surface area contributed by atoms with Gasteiger partial charge in [0.05, 0.1) is 35.5 Å². The molecule has 1 aromatic rings. The van der Waals surface area contributed by atoms with Crippen LogP contribution in [-0.2, 0) is 28.5 Å². The van der Waals surface area contributed by atoms with Crippen LogP contribution in [0.3, 0.4) is 0 Å². The van der Waals surface area contributed by atoms with Crippen LogP contribution in [-0.4, -0.2) is 59.9 Å². The molecule has 2 N–H and O–H groups in total. The van der Waals surface area contributed by atoms with Crippen LogP contribution < -0.4 is 0 Å². The Labute approximate surface area is 172 Å². The standard InChI is InChI=1S/C20H22O10/c1-11(9-21)17(23)27-13(3)29-19(25)15-7-5-6-8-16(15)20(26)30-14(4)28-18(24)12(2)10-22/h5-8,13-14,21-22H,1-2,9-10H2,3-4H3. The smallest absolute Gasteiger partial charge is 0.342 e. The fourth-order valence-corrected chi connectivity index (χ4v) is 1.91. The number of rotatable bonds is 10. The number of carbonyl (C=O) groups excluding carboxylic acids is 4. The molecule has 1 aromatic carbocycles. The number of esters is 4. The van der Waals surface area contributed by atoms with Crippen LogP contribution in [0.15, 0.2) is 48.6 Å². The number of hydrogen-bond donors (Lipinski definition) is 2. The zero-order valence-corrected chi connectivity index (χ0v) is 16.5. The Morgan fingerprint density at radius 2 is 1.10 bits per heavy atom. The SMILES string of the molecule is C=C(CO)C(=O)OC(C)OC(=O)c1ccccc1C(=O)OC(C)OC(=O)C(=C)CO. The molecule has 0 aliphatic heterocycles. The van der Waals surface area contributed by atoms with E-state index in [-0.39, 0.29) is 22.3 Å². The zero-order valence-electron chi connectivity index (χ0n) is 16.5. The maximum absolute atomic E-state index is 12.4. The molecule has 0 saturated carbocycles. The van der Waals surface area contributed by atoms with E-state index in [1.165, 1.54) is 38.1 Å². The van der Waals surface area contributed by atoms with Crippen molar-refractivity contribution >= 4 is 23.9 Å². The largest absolute Gasteiger partial charge is 0.422 e. The molecule has 0 radical (unpaired) electrons. The second kappa shape index (κ2) is 11.5. The summed E-state index contributed by atoms with van der Waals surface area (Å²) in [6.45, 7) is 7.84. The van der Waals surface area contributed by atoms with Crippen molar-refractivity contribution in [2.24, 2.45) is 0 Å². The topological polar surface area (TPSA) is 146 Å². The first-order chi connectivity index (χ1) is 14.1. The summed E-state index contributed by atoms with van der Waals surface area (Å²) in [7, 11) is 0. The third kappa shape index (κ3) is 7.15. The first kappa shape index (κ1) is 24.5. The molecule has 0 amide bonds. The van der Waals surface area contributed by atoms with Crippen LogP contribution in [0.1, 0.15) is 34.6 Å². The van der Waals surface area contributed by atoms with Crippen LogP contribution in [0, 0.1) is 0 Å². The maximum atomic E-state index is 12.4. The minimum atomic E-state index is -1.33. The van der Waals surface area contributed by atoms with Gasteiger partial charge < -0.3 is 29.2 Å². The van der Waals surface area contributed by atoms with E-state index in [1.54, 1.807) is 0 Å². The molecule has 10 heteroatoms. The molecule has 30 heavy (non-hydrogen) atoms. The normalized spacial score (nSPS) is 12.1. The van der Waals surface area contributed by atoms with Crippen molar-refractivity contribution in [3.05, 3.63) is 59.7 Å². The average Bonchev–Trinajstić information content (AvgIpc) is 2.71. The summed E-state index contributed by atoms with van der Waals surface area (Å²) in [5.74, 6) is -3.89. The lowest BCUT2D eigenvalue weighted by atomic mass is 10.1. The third-order valence-electron chi connectivity index (χ3n) is 3.42. The van der Waals surface area contributed by atoms with Crippen molar-refractivity contribution in [1.82, 2.24) is 0 Å². The molecular formula is C20H22O10. The first-order valence-electron chi connectivity index (χ1n) is 8.60. The van der Waals surface area contributed by atoms with Crippen molar-refractivity contribution in [2.45, 2.75) is 26.4 Å². The Hall–Kier alpha value is -3.50. The first-order valence-corrected chi connectivity index (χ1v) is 8.60. The molecule has 0 saturated heterocycles. The molecule has 0 spiro atoms. The van der Waals surface area contributed by atoms with Crippen LogP contribution in [0.4, 0.5) is 0 Å². The van der Waals surface area contributed by atoms with Gasteiger partial charge in [-0.15, -0.1) is 0 Å². The molecule has 10 nitrogen and oxygen atoms in total. The molecule has 162 valence electrons. The quantitative estimate of drug-likeness (QED) is 0.316. The zero-order chi connectivity index (χ0) is 22.8. The van der Waals surface area contributed by atoms with Gasteiger partial charge in [0.25, 0.3) is 0 Å². The van der Waals surface area contributed by atoms with Gasteiger partial charge in [-0.05, 0) is 12.1 Å². The predicted molar refractivity (Wildman–Crippen MR) is 101 cm³/mol. The van der Waals surface area contributed by atoms with Gasteiger partial charge in [0, 0.05) is 13.8 Å². The Morgan fingerprint density at radius 3 is 1.40 bits per heavy atom. The number of hydrogen-bond acceptors (Lipinski definition) is 10.